The Morgan fingerprint density at radius 1 is 1.30 bits per heavy atom. The molecule has 1 aromatic rings. The van der Waals surface area contributed by atoms with Gasteiger partial charge in [-0.3, -0.25) is 0 Å². The first kappa shape index (κ1) is 16.9. The van der Waals surface area contributed by atoms with E-state index in [2.05, 4.69) is 23.3 Å². The Morgan fingerprint density at radius 2 is 1.95 bits per heavy atom. The molecule has 1 heterocycles. The van der Waals surface area contributed by atoms with Crippen LogP contribution in [-0.4, -0.2) is 31.9 Å². The van der Waals surface area contributed by atoms with Crippen molar-refractivity contribution in [2.24, 2.45) is 0 Å². The molecule has 0 amide bonds. The van der Waals surface area contributed by atoms with Crippen LogP contribution in [0.15, 0.2) is 6.07 Å². The number of aryl methyl sites for hydroxylation is 2. The second-order valence-electron chi connectivity index (χ2n) is 4.76. The maximum Gasteiger partial charge on any atom is 0.200 e. The molecule has 1 unspecified atom stereocenters. The van der Waals surface area contributed by atoms with E-state index in [0.717, 1.165) is 23.2 Å². The highest BCUT2D eigenvalue weighted by Crippen LogP contribution is 2.25. The lowest BCUT2D eigenvalue weighted by atomic mass is 10.1. The number of hydrogen-bond donors (Lipinski definition) is 1. The molecule has 0 aliphatic heterocycles. The molecule has 1 aromatic heterocycles. The number of aromatic nitrogens is 1. The number of hydrogen-bond acceptors (Lipinski definition) is 4. The fraction of sp³-hybridized carbons (Fsp3) is 0.667. The third kappa shape index (κ3) is 3.90. The predicted molar refractivity (Wildman–Crippen MR) is 78.8 cm³/mol. The summed E-state index contributed by atoms with van der Waals surface area (Å²) in [6, 6.07) is 1.84. The zero-order valence-corrected chi connectivity index (χ0v) is 13.0. The summed E-state index contributed by atoms with van der Waals surface area (Å²) < 4.78 is 23.5. The Bertz CT molecular complexity index is 419. The van der Waals surface area contributed by atoms with Gasteiger partial charge in [0.2, 0.25) is 6.29 Å². The highest BCUT2D eigenvalue weighted by Gasteiger charge is 2.18. The molecule has 0 aromatic carbocycles. The van der Waals surface area contributed by atoms with Crippen LogP contribution in [0.5, 0.6) is 0 Å². The SMILES string of the molecule is CCc1cc(C)c(NC(CC)CF)nc1C(OC)OC. The van der Waals surface area contributed by atoms with Crippen molar-refractivity contribution in [2.45, 2.75) is 45.9 Å². The largest absolute Gasteiger partial charge is 0.364 e. The Hall–Kier alpha value is -1.20. The normalized spacial score (nSPS) is 12.8. The van der Waals surface area contributed by atoms with E-state index in [-0.39, 0.29) is 6.04 Å². The van der Waals surface area contributed by atoms with E-state index in [4.69, 9.17) is 9.47 Å². The third-order valence-corrected chi connectivity index (χ3v) is 3.38. The number of methoxy groups -OCH3 is 2. The van der Waals surface area contributed by atoms with Crippen molar-refractivity contribution < 1.29 is 13.9 Å². The van der Waals surface area contributed by atoms with Gasteiger partial charge in [0, 0.05) is 14.2 Å². The predicted octanol–water partition coefficient (Wildman–Crippen LogP) is 3.40. The first-order chi connectivity index (χ1) is 9.60. The van der Waals surface area contributed by atoms with Crippen LogP contribution in [0, 0.1) is 6.92 Å². The standard InChI is InChI=1S/C15H25FN2O2/c1-6-11-8-10(3)14(17-12(7-2)9-16)18-13(11)15(19-4)20-5/h8,12,15H,6-7,9H2,1-5H3,(H,17,18). The molecule has 0 bridgehead atoms. The zero-order chi connectivity index (χ0) is 15.1. The Balaban J connectivity index is 3.16. The van der Waals surface area contributed by atoms with Crippen molar-refractivity contribution in [3.63, 3.8) is 0 Å². The molecule has 1 rings (SSSR count). The molecule has 0 aliphatic carbocycles. The van der Waals surface area contributed by atoms with Gasteiger partial charge < -0.3 is 14.8 Å². The molecule has 1 N–H and O–H groups in total. The van der Waals surface area contributed by atoms with E-state index in [1.807, 2.05) is 13.8 Å². The maximum atomic E-state index is 12.9. The van der Waals surface area contributed by atoms with Crippen molar-refractivity contribution in [3.8, 4) is 0 Å². The molecule has 0 spiro atoms. The molecule has 1 atom stereocenters. The van der Waals surface area contributed by atoms with Crippen molar-refractivity contribution in [2.75, 3.05) is 26.2 Å². The maximum absolute atomic E-state index is 12.9. The van der Waals surface area contributed by atoms with E-state index >= 15 is 0 Å². The van der Waals surface area contributed by atoms with Crippen LogP contribution in [0.1, 0.15) is 43.4 Å². The summed E-state index contributed by atoms with van der Waals surface area (Å²) in [6.45, 7) is 5.56. The van der Waals surface area contributed by atoms with Crippen LogP contribution in [0.2, 0.25) is 0 Å². The minimum Gasteiger partial charge on any atom is -0.364 e. The van der Waals surface area contributed by atoms with Gasteiger partial charge in [-0.25, -0.2) is 9.37 Å². The second-order valence-corrected chi connectivity index (χ2v) is 4.76. The van der Waals surface area contributed by atoms with E-state index in [9.17, 15) is 4.39 Å². The van der Waals surface area contributed by atoms with Gasteiger partial charge in [0.15, 0.2) is 0 Å². The molecule has 0 aliphatic rings. The van der Waals surface area contributed by atoms with Gasteiger partial charge in [-0.1, -0.05) is 19.9 Å². The number of nitrogens with one attached hydrogen (secondary N) is 1. The van der Waals surface area contributed by atoms with Gasteiger partial charge in [-0.15, -0.1) is 0 Å². The van der Waals surface area contributed by atoms with E-state index < -0.39 is 13.0 Å². The summed E-state index contributed by atoms with van der Waals surface area (Å²) in [5, 5.41) is 3.14. The van der Waals surface area contributed by atoms with Crippen LogP contribution >= 0.6 is 0 Å². The number of alkyl halides is 1. The highest BCUT2D eigenvalue weighted by molar-refractivity contribution is 5.48. The number of ether oxygens (including phenoxy) is 2. The summed E-state index contributed by atoms with van der Waals surface area (Å²) in [7, 11) is 3.16. The molecule has 114 valence electrons. The number of halogens is 1. The highest BCUT2D eigenvalue weighted by atomic mass is 19.1. The van der Waals surface area contributed by atoms with Gasteiger partial charge in [-0.05, 0) is 30.9 Å². The first-order valence-corrected chi connectivity index (χ1v) is 6.99. The van der Waals surface area contributed by atoms with Crippen LogP contribution in [0.4, 0.5) is 10.2 Å². The Morgan fingerprint density at radius 3 is 2.40 bits per heavy atom. The monoisotopic (exact) mass is 284 g/mol. The zero-order valence-electron chi connectivity index (χ0n) is 13.0. The fourth-order valence-corrected chi connectivity index (χ4v) is 2.08. The van der Waals surface area contributed by atoms with Gasteiger partial charge in [0.25, 0.3) is 0 Å². The Labute approximate surface area is 120 Å². The van der Waals surface area contributed by atoms with Crippen LogP contribution in [0.3, 0.4) is 0 Å². The van der Waals surface area contributed by atoms with Gasteiger partial charge in [0.1, 0.15) is 18.2 Å². The topological polar surface area (TPSA) is 43.4 Å². The van der Waals surface area contributed by atoms with Gasteiger partial charge in [-0.2, -0.15) is 0 Å². The van der Waals surface area contributed by atoms with Gasteiger partial charge in [0.05, 0.1) is 6.04 Å². The fourth-order valence-electron chi connectivity index (χ4n) is 2.08. The summed E-state index contributed by atoms with van der Waals surface area (Å²) in [5.74, 6) is 0.695. The number of pyridine rings is 1. The van der Waals surface area contributed by atoms with Crippen LogP contribution in [-0.2, 0) is 15.9 Å². The summed E-state index contributed by atoms with van der Waals surface area (Å²) >= 11 is 0. The van der Waals surface area contributed by atoms with Crippen LogP contribution in [0.25, 0.3) is 0 Å². The number of anilines is 1. The quantitative estimate of drug-likeness (QED) is 0.743. The summed E-state index contributed by atoms with van der Waals surface area (Å²) in [5.41, 5.74) is 2.83. The summed E-state index contributed by atoms with van der Waals surface area (Å²) in [4.78, 5) is 4.59. The van der Waals surface area contributed by atoms with Crippen molar-refractivity contribution in [3.05, 3.63) is 22.9 Å². The molecule has 4 nitrogen and oxygen atoms in total. The van der Waals surface area contributed by atoms with Crippen LogP contribution < -0.4 is 5.32 Å². The van der Waals surface area contributed by atoms with Gasteiger partial charge >= 0.3 is 0 Å². The van der Waals surface area contributed by atoms with E-state index in [1.54, 1.807) is 14.2 Å². The minimum absolute atomic E-state index is 0.218. The molecule has 0 radical (unpaired) electrons. The summed E-state index contributed by atoms with van der Waals surface area (Å²) in [6.07, 6.45) is 1.05. The molecule has 20 heavy (non-hydrogen) atoms. The Kier molecular flexibility index (Phi) is 6.88. The molecule has 0 saturated carbocycles. The first-order valence-electron chi connectivity index (χ1n) is 6.99. The molecule has 5 heteroatoms. The molecular formula is C15H25FN2O2. The van der Waals surface area contributed by atoms with E-state index in [0.29, 0.717) is 12.2 Å². The second kappa shape index (κ2) is 8.17. The van der Waals surface area contributed by atoms with E-state index in [1.165, 1.54) is 0 Å². The molecule has 0 fully saturated rings. The minimum atomic E-state index is -0.503. The van der Waals surface area contributed by atoms with Crippen molar-refractivity contribution in [1.82, 2.24) is 4.98 Å². The molecular weight excluding hydrogens is 259 g/mol. The average Bonchev–Trinajstić information content (AvgIpc) is 2.48. The molecule has 0 saturated heterocycles. The lowest BCUT2D eigenvalue weighted by Crippen LogP contribution is -2.23. The smallest absolute Gasteiger partial charge is 0.200 e. The average molecular weight is 284 g/mol. The number of nitrogens with zero attached hydrogens (tertiary/aromatic N) is 1. The third-order valence-electron chi connectivity index (χ3n) is 3.38. The van der Waals surface area contributed by atoms with Crippen molar-refractivity contribution >= 4 is 5.82 Å². The number of rotatable bonds is 8. The lowest BCUT2D eigenvalue weighted by molar-refractivity contribution is -0.109. The lowest BCUT2D eigenvalue weighted by Gasteiger charge is -2.21. The van der Waals surface area contributed by atoms with Crippen molar-refractivity contribution in [1.29, 1.82) is 0 Å².